The quantitative estimate of drug-likeness (QED) is 0.833. The lowest BCUT2D eigenvalue weighted by Crippen LogP contribution is -2.28. The molecule has 19 heavy (non-hydrogen) atoms. The minimum Gasteiger partial charge on any atom is -0.406 e. The molecule has 103 valence electrons. The Bertz CT molecular complexity index is 451. The van der Waals surface area contributed by atoms with E-state index in [9.17, 15) is 13.2 Å². The van der Waals surface area contributed by atoms with Crippen molar-refractivity contribution in [1.29, 1.82) is 0 Å². The minimum absolute atomic E-state index is 0.188. The third kappa shape index (κ3) is 3.99. The molecular weight excluding hydrogens is 255 g/mol. The van der Waals surface area contributed by atoms with Crippen molar-refractivity contribution in [2.45, 2.75) is 12.8 Å². The van der Waals surface area contributed by atoms with Crippen LogP contribution < -0.4 is 4.74 Å². The van der Waals surface area contributed by atoms with Crippen molar-refractivity contribution in [3.63, 3.8) is 0 Å². The van der Waals surface area contributed by atoms with Crippen molar-refractivity contribution in [3.05, 3.63) is 42.8 Å². The normalized spacial score (nSPS) is 17.2. The molecule has 0 aliphatic carbocycles. The Balaban J connectivity index is 2.05. The predicted octanol–water partition coefficient (Wildman–Crippen LogP) is 3.51. The molecule has 1 aromatic rings. The summed E-state index contributed by atoms with van der Waals surface area (Å²) in [5.41, 5.74) is 2.10. The van der Waals surface area contributed by atoms with Crippen LogP contribution in [0.5, 0.6) is 5.75 Å². The maximum atomic E-state index is 12.0. The van der Waals surface area contributed by atoms with E-state index in [1.165, 1.54) is 12.1 Å². The number of benzene rings is 1. The first kappa shape index (κ1) is 13.9. The number of halogens is 3. The van der Waals surface area contributed by atoms with E-state index in [0.29, 0.717) is 0 Å². The molecule has 1 aliphatic rings. The second kappa shape index (κ2) is 5.65. The van der Waals surface area contributed by atoms with Gasteiger partial charge in [-0.05, 0) is 43.2 Å². The van der Waals surface area contributed by atoms with E-state index >= 15 is 0 Å². The zero-order chi connectivity index (χ0) is 13.9. The molecule has 0 spiro atoms. The summed E-state index contributed by atoms with van der Waals surface area (Å²) in [6, 6.07) is 6.01. The molecule has 2 rings (SSSR count). The molecule has 5 heteroatoms. The highest BCUT2D eigenvalue weighted by Crippen LogP contribution is 2.27. The Hall–Kier alpha value is -1.49. The Morgan fingerprint density at radius 2 is 1.89 bits per heavy atom. The van der Waals surface area contributed by atoms with E-state index in [4.69, 9.17) is 0 Å². The molecule has 0 saturated carbocycles. The van der Waals surface area contributed by atoms with Gasteiger partial charge in [0.15, 0.2) is 0 Å². The summed E-state index contributed by atoms with van der Waals surface area (Å²) in [6.07, 6.45) is -1.66. The molecule has 0 bridgehead atoms. The van der Waals surface area contributed by atoms with Gasteiger partial charge < -0.3 is 4.74 Å². The summed E-state index contributed by atoms with van der Waals surface area (Å²) in [6.45, 7) is 6.35. The lowest BCUT2D eigenvalue weighted by atomic mass is 9.99. The molecule has 0 N–H and O–H groups in total. The van der Waals surface area contributed by atoms with E-state index in [0.717, 1.165) is 37.2 Å². The van der Waals surface area contributed by atoms with Crippen LogP contribution in [0.2, 0.25) is 0 Å². The smallest absolute Gasteiger partial charge is 0.406 e. The molecule has 0 aromatic heterocycles. The van der Waals surface area contributed by atoms with Crippen LogP contribution in [-0.4, -0.2) is 30.9 Å². The average molecular weight is 270 g/mol. The van der Waals surface area contributed by atoms with Gasteiger partial charge in [-0.2, -0.15) is 0 Å². The van der Waals surface area contributed by atoms with Gasteiger partial charge in [0.2, 0.25) is 0 Å². The summed E-state index contributed by atoms with van der Waals surface area (Å²) in [4.78, 5) is 2.20. The third-order valence-corrected chi connectivity index (χ3v) is 3.07. The second-order valence-electron chi connectivity index (χ2n) is 4.35. The van der Waals surface area contributed by atoms with Gasteiger partial charge in [0.25, 0.3) is 0 Å². The Morgan fingerprint density at radius 1 is 1.21 bits per heavy atom. The maximum absolute atomic E-state index is 12.0. The SMILES string of the molecule is [CH2]CN1CC=C(c2ccc(OC(F)(F)F)cc2)CC1. The predicted molar refractivity (Wildman–Crippen MR) is 67.5 cm³/mol. The number of hydrogen-bond donors (Lipinski definition) is 0. The highest BCUT2D eigenvalue weighted by Gasteiger charge is 2.31. The molecule has 2 nitrogen and oxygen atoms in total. The number of hydrogen-bond acceptors (Lipinski definition) is 2. The first-order valence-electron chi connectivity index (χ1n) is 6.05. The van der Waals surface area contributed by atoms with Crippen molar-refractivity contribution in [1.82, 2.24) is 4.90 Å². The molecule has 0 saturated heterocycles. The standard InChI is InChI=1S/C14H15F3NO/c1-2-18-9-7-12(8-10-18)11-3-5-13(6-4-11)19-14(15,16)17/h3-7H,1-2,8-10H2. The van der Waals surface area contributed by atoms with Crippen LogP contribution in [0, 0.1) is 6.92 Å². The van der Waals surface area contributed by atoms with E-state index in [1.54, 1.807) is 12.1 Å². The zero-order valence-corrected chi connectivity index (χ0v) is 10.4. The van der Waals surface area contributed by atoms with Crippen LogP contribution in [0.15, 0.2) is 30.3 Å². The zero-order valence-electron chi connectivity index (χ0n) is 10.4. The molecule has 1 aromatic carbocycles. The van der Waals surface area contributed by atoms with E-state index in [-0.39, 0.29) is 5.75 Å². The van der Waals surface area contributed by atoms with Gasteiger partial charge in [-0.25, -0.2) is 0 Å². The summed E-state index contributed by atoms with van der Waals surface area (Å²) < 4.78 is 39.9. The van der Waals surface area contributed by atoms with Gasteiger partial charge in [-0.1, -0.05) is 18.2 Å². The Labute approximate surface area is 110 Å². The second-order valence-corrected chi connectivity index (χ2v) is 4.35. The Morgan fingerprint density at radius 3 is 2.37 bits per heavy atom. The Kier molecular flexibility index (Phi) is 4.14. The molecule has 0 amide bonds. The number of ether oxygens (including phenoxy) is 1. The van der Waals surface area contributed by atoms with Crippen LogP contribution >= 0.6 is 0 Å². The van der Waals surface area contributed by atoms with Gasteiger partial charge in [-0.15, -0.1) is 13.2 Å². The molecular formula is C14H15F3NO. The summed E-state index contributed by atoms with van der Waals surface area (Å²) in [7, 11) is 0. The van der Waals surface area contributed by atoms with Crippen LogP contribution in [-0.2, 0) is 0 Å². The average Bonchev–Trinajstić information content (AvgIpc) is 2.38. The van der Waals surface area contributed by atoms with Crippen molar-refractivity contribution < 1.29 is 17.9 Å². The van der Waals surface area contributed by atoms with Gasteiger partial charge in [-0.3, -0.25) is 4.90 Å². The number of rotatable bonds is 3. The lowest BCUT2D eigenvalue weighted by molar-refractivity contribution is -0.274. The van der Waals surface area contributed by atoms with E-state index in [1.807, 2.05) is 0 Å². The van der Waals surface area contributed by atoms with Gasteiger partial charge in [0.1, 0.15) is 5.75 Å². The highest BCUT2D eigenvalue weighted by molar-refractivity contribution is 5.67. The van der Waals surface area contributed by atoms with Crippen molar-refractivity contribution in [2.75, 3.05) is 19.6 Å². The van der Waals surface area contributed by atoms with Crippen molar-refractivity contribution in [3.8, 4) is 5.75 Å². The summed E-state index contributed by atoms with van der Waals surface area (Å²) >= 11 is 0. The first-order chi connectivity index (χ1) is 8.98. The molecule has 0 fully saturated rings. The van der Waals surface area contributed by atoms with Gasteiger partial charge in [0, 0.05) is 13.1 Å². The fourth-order valence-corrected chi connectivity index (χ4v) is 2.05. The van der Waals surface area contributed by atoms with Crippen molar-refractivity contribution >= 4 is 5.57 Å². The molecule has 1 aliphatic heterocycles. The van der Waals surface area contributed by atoms with Crippen LogP contribution in [0.25, 0.3) is 5.57 Å². The van der Waals surface area contributed by atoms with Gasteiger partial charge in [0.05, 0.1) is 0 Å². The molecule has 0 atom stereocenters. The van der Waals surface area contributed by atoms with Gasteiger partial charge >= 0.3 is 6.36 Å². The number of alkyl halides is 3. The monoisotopic (exact) mass is 270 g/mol. The first-order valence-corrected chi connectivity index (χ1v) is 6.05. The van der Waals surface area contributed by atoms with E-state index < -0.39 is 6.36 Å². The molecule has 1 heterocycles. The fraction of sp³-hybridized carbons (Fsp3) is 0.357. The molecule has 1 radical (unpaired) electrons. The minimum atomic E-state index is -4.64. The van der Waals surface area contributed by atoms with Crippen LogP contribution in [0.3, 0.4) is 0 Å². The van der Waals surface area contributed by atoms with Crippen LogP contribution in [0.1, 0.15) is 12.0 Å². The van der Waals surface area contributed by atoms with Crippen LogP contribution in [0.4, 0.5) is 13.2 Å². The van der Waals surface area contributed by atoms with E-state index in [2.05, 4.69) is 22.6 Å². The summed E-state index contributed by atoms with van der Waals surface area (Å²) in [5, 5.41) is 0. The maximum Gasteiger partial charge on any atom is 0.573 e. The fourth-order valence-electron chi connectivity index (χ4n) is 2.05. The highest BCUT2D eigenvalue weighted by atomic mass is 19.4. The largest absolute Gasteiger partial charge is 0.573 e. The summed E-state index contributed by atoms with van der Waals surface area (Å²) in [5.74, 6) is -0.188. The lowest BCUT2D eigenvalue weighted by Gasteiger charge is -2.24. The topological polar surface area (TPSA) is 12.5 Å². The number of nitrogens with zero attached hydrogens (tertiary/aromatic N) is 1. The molecule has 0 unspecified atom stereocenters. The third-order valence-electron chi connectivity index (χ3n) is 3.07. The van der Waals surface area contributed by atoms with Crippen molar-refractivity contribution in [2.24, 2.45) is 0 Å².